The molecule has 154 valence electrons. The molecule has 1 aromatic carbocycles. The Morgan fingerprint density at radius 1 is 0.906 bits per heavy atom. The van der Waals surface area contributed by atoms with Gasteiger partial charge in [-0.3, -0.25) is 19.9 Å². The minimum Gasteiger partial charge on any atom is -0.353 e. The average Bonchev–Trinajstić information content (AvgIpc) is 3.56. The summed E-state index contributed by atoms with van der Waals surface area (Å²) in [5, 5.41) is 9.72. The molecule has 0 aliphatic carbocycles. The third kappa shape index (κ3) is 3.02. The van der Waals surface area contributed by atoms with E-state index in [1.807, 2.05) is 42.5 Å². The van der Waals surface area contributed by atoms with Crippen LogP contribution in [0, 0.1) is 0 Å². The van der Waals surface area contributed by atoms with Crippen LogP contribution in [-0.4, -0.2) is 30.9 Å². The Bertz CT molecular complexity index is 1610. The van der Waals surface area contributed by atoms with Crippen molar-refractivity contribution in [2.45, 2.75) is 6.92 Å². The van der Waals surface area contributed by atoms with E-state index in [1.54, 1.807) is 19.3 Å². The number of hydrogen-bond donors (Lipinski definition) is 2. The number of nitrogens with one attached hydrogen (secondary N) is 2. The lowest BCUT2D eigenvalue weighted by atomic mass is 10.1. The van der Waals surface area contributed by atoms with E-state index < -0.39 is 0 Å². The number of H-pyrrole nitrogens is 2. The van der Waals surface area contributed by atoms with Gasteiger partial charge in [-0.25, -0.2) is 0 Å². The van der Waals surface area contributed by atoms with Gasteiger partial charge < -0.3 is 4.98 Å². The Balaban J connectivity index is 1.49. The second-order valence-electron chi connectivity index (χ2n) is 7.57. The van der Waals surface area contributed by atoms with Gasteiger partial charge in [0.2, 0.25) is 0 Å². The molecule has 5 heterocycles. The van der Waals surface area contributed by atoms with E-state index in [9.17, 15) is 4.79 Å². The highest BCUT2D eigenvalue weighted by Crippen LogP contribution is 2.37. The average molecular weight is 436 g/mol. The van der Waals surface area contributed by atoms with Gasteiger partial charge in [0.05, 0.1) is 33.7 Å². The summed E-state index contributed by atoms with van der Waals surface area (Å²) in [5.41, 5.74) is 6.34. The van der Waals surface area contributed by atoms with Crippen molar-refractivity contribution in [2.24, 2.45) is 0 Å². The Labute approximate surface area is 187 Å². The zero-order valence-electron chi connectivity index (χ0n) is 17.1. The Morgan fingerprint density at radius 2 is 1.84 bits per heavy atom. The first-order valence-electron chi connectivity index (χ1n) is 10.2. The predicted molar refractivity (Wildman–Crippen MR) is 128 cm³/mol. The van der Waals surface area contributed by atoms with E-state index in [-0.39, 0.29) is 5.78 Å². The fourth-order valence-corrected chi connectivity index (χ4v) is 4.89. The lowest BCUT2D eigenvalue weighted by Gasteiger charge is -2.00. The van der Waals surface area contributed by atoms with Crippen LogP contribution in [0.1, 0.15) is 16.6 Å². The highest BCUT2D eigenvalue weighted by atomic mass is 32.1. The van der Waals surface area contributed by atoms with E-state index in [2.05, 4.69) is 43.3 Å². The summed E-state index contributed by atoms with van der Waals surface area (Å²) in [4.78, 5) is 26.0. The molecule has 0 atom stereocenters. The molecule has 0 saturated heterocycles. The quantitative estimate of drug-likeness (QED) is 0.328. The number of carbonyl (C=O) groups is 1. The maximum atomic E-state index is 11.8. The molecule has 6 nitrogen and oxygen atoms in total. The van der Waals surface area contributed by atoms with Crippen LogP contribution in [0.2, 0.25) is 0 Å². The van der Waals surface area contributed by atoms with Gasteiger partial charge in [-0.05, 0) is 49.4 Å². The number of aromatic amines is 2. The van der Waals surface area contributed by atoms with Crippen molar-refractivity contribution in [3.8, 4) is 33.2 Å². The van der Waals surface area contributed by atoms with Gasteiger partial charge >= 0.3 is 0 Å². The number of benzene rings is 1. The third-order valence-corrected chi connectivity index (χ3v) is 6.73. The molecule has 2 N–H and O–H groups in total. The zero-order chi connectivity index (χ0) is 21.7. The summed E-state index contributed by atoms with van der Waals surface area (Å²) in [6, 6.07) is 20.0. The fraction of sp³-hybridized carbons (Fsp3) is 0.0400. The van der Waals surface area contributed by atoms with Gasteiger partial charge in [-0.2, -0.15) is 5.10 Å². The maximum Gasteiger partial charge on any atom is 0.169 e. The topological polar surface area (TPSA) is 87.3 Å². The number of rotatable bonds is 4. The van der Waals surface area contributed by atoms with Crippen molar-refractivity contribution in [1.82, 2.24) is 25.1 Å². The van der Waals surface area contributed by atoms with Gasteiger partial charge in [0, 0.05) is 32.9 Å². The molecule has 0 amide bonds. The molecule has 0 radical (unpaired) electrons. The number of hydrogen-bond acceptors (Lipinski definition) is 5. The summed E-state index contributed by atoms with van der Waals surface area (Å²) in [6.45, 7) is 1.60. The minimum atomic E-state index is 0.0866. The van der Waals surface area contributed by atoms with Crippen LogP contribution in [0.25, 0.3) is 55.0 Å². The van der Waals surface area contributed by atoms with Crippen molar-refractivity contribution in [3.63, 3.8) is 0 Å². The van der Waals surface area contributed by atoms with Crippen LogP contribution in [0.15, 0.2) is 73.1 Å². The number of Topliss-reactive ketones (excluding diaryl/α,β-unsaturated/α-hetero) is 1. The molecular formula is C25H17N5OS. The van der Waals surface area contributed by atoms with E-state index in [4.69, 9.17) is 0 Å². The van der Waals surface area contributed by atoms with E-state index in [0.717, 1.165) is 59.9 Å². The lowest BCUT2D eigenvalue weighted by Crippen LogP contribution is -1.86. The molecule has 0 aliphatic heterocycles. The Kier molecular flexibility index (Phi) is 4.22. The third-order valence-electron chi connectivity index (χ3n) is 5.51. The van der Waals surface area contributed by atoms with Crippen LogP contribution in [0.3, 0.4) is 0 Å². The van der Waals surface area contributed by atoms with Crippen molar-refractivity contribution in [2.75, 3.05) is 0 Å². The van der Waals surface area contributed by atoms with Crippen molar-refractivity contribution < 1.29 is 4.79 Å². The SMILES string of the molecule is CC(=O)c1ccc(-c2cccc3[nH]c(-c4n[nH]c5cnc(-c6ccccn6)cc45)cc23)s1. The molecule has 0 spiro atoms. The van der Waals surface area contributed by atoms with Crippen molar-refractivity contribution >= 4 is 38.9 Å². The highest BCUT2D eigenvalue weighted by Gasteiger charge is 2.16. The number of ketones is 1. The molecule has 6 rings (SSSR count). The first-order chi connectivity index (χ1) is 15.7. The Morgan fingerprint density at radius 3 is 2.66 bits per heavy atom. The standard InChI is InChI=1S/C25H17N5OS/c1-14(31)23-8-9-24(32-23)15-5-4-7-18-16(15)11-21(28-18)25-17-12-20(19-6-2-3-10-26-19)27-13-22(17)29-30-25/h2-13,28H,1H3,(H,29,30). The first-order valence-corrected chi connectivity index (χ1v) is 11.0. The maximum absolute atomic E-state index is 11.8. The van der Waals surface area contributed by atoms with Crippen LogP contribution >= 0.6 is 11.3 Å². The fourth-order valence-electron chi connectivity index (χ4n) is 3.95. The van der Waals surface area contributed by atoms with E-state index >= 15 is 0 Å². The van der Waals surface area contributed by atoms with Gasteiger partial charge in [0.15, 0.2) is 5.78 Å². The summed E-state index contributed by atoms with van der Waals surface area (Å²) in [7, 11) is 0. The minimum absolute atomic E-state index is 0.0866. The number of aromatic nitrogens is 5. The molecule has 7 heteroatoms. The monoisotopic (exact) mass is 435 g/mol. The van der Waals surface area contributed by atoms with Gasteiger partial charge in [0.25, 0.3) is 0 Å². The van der Waals surface area contributed by atoms with Gasteiger partial charge in [0.1, 0.15) is 5.69 Å². The number of thiophene rings is 1. The second-order valence-corrected chi connectivity index (χ2v) is 8.66. The van der Waals surface area contributed by atoms with E-state index in [1.165, 1.54) is 11.3 Å². The van der Waals surface area contributed by atoms with Crippen LogP contribution in [-0.2, 0) is 0 Å². The van der Waals surface area contributed by atoms with Gasteiger partial charge in [-0.1, -0.05) is 18.2 Å². The molecule has 0 unspecified atom stereocenters. The Hall–Kier alpha value is -4.10. The number of nitrogens with zero attached hydrogens (tertiary/aromatic N) is 3. The predicted octanol–water partition coefficient (Wildman–Crippen LogP) is 6.10. The number of fused-ring (bicyclic) bond motifs is 2. The number of pyridine rings is 2. The summed E-state index contributed by atoms with van der Waals surface area (Å²) < 4.78 is 0. The first kappa shape index (κ1) is 18.7. The zero-order valence-corrected chi connectivity index (χ0v) is 17.9. The molecule has 0 aliphatic rings. The molecule has 6 aromatic rings. The highest BCUT2D eigenvalue weighted by molar-refractivity contribution is 7.17. The molecule has 32 heavy (non-hydrogen) atoms. The smallest absolute Gasteiger partial charge is 0.169 e. The normalized spacial score (nSPS) is 11.4. The van der Waals surface area contributed by atoms with E-state index in [0.29, 0.717) is 0 Å². The van der Waals surface area contributed by atoms with Crippen LogP contribution < -0.4 is 0 Å². The van der Waals surface area contributed by atoms with Crippen molar-refractivity contribution in [1.29, 1.82) is 0 Å². The molecular weight excluding hydrogens is 418 g/mol. The summed E-state index contributed by atoms with van der Waals surface area (Å²) in [5.74, 6) is 0.0866. The molecule has 0 fully saturated rings. The molecule has 0 saturated carbocycles. The lowest BCUT2D eigenvalue weighted by molar-refractivity contribution is 0.102. The van der Waals surface area contributed by atoms with Crippen LogP contribution in [0.4, 0.5) is 0 Å². The molecule has 5 aromatic heterocycles. The summed E-state index contributed by atoms with van der Waals surface area (Å²) in [6.07, 6.45) is 3.55. The van der Waals surface area contributed by atoms with Gasteiger partial charge in [-0.15, -0.1) is 11.3 Å². The largest absolute Gasteiger partial charge is 0.353 e. The van der Waals surface area contributed by atoms with Crippen molar-refractivity contribution in [3.05, 3.63) is 77.9 Å². The second kappa shape index (κ2) is 7.25. The van der Waals surface area contributed by atoms with Crippen LogP contribution in [0.5, 0.6) is 0 Å². The molecule has 0 bridgehead atoms. The summed E-state index contributed by atoms with van der Waals surface area (Å²) >= 11 is 1.52. The number of carbonyl (C=O) groups excluding carboxylic acids is 1.